The highest BCUT2D eigenvalue weighted by molar-refractivity contribution is 5.87. The number of carbonyl (C=O) groups is 1. The Morgan fingerprint density at radius 3 is 2.46 bits per heavy atom. The van der Waals surface area contributed by atoms with Crippen LogP contribution in [0.2, 0.25) is 0 Å². The fraction of sp³-hybridized carbons (Fsp3) is 0.700. The molecule has 0 aliphatic heterocycles. The Hall–Kier alpha value is -0.990. The lowest BCUT2D eigenvalue weighted by molar-refractivity contribution is -0.152. The topological polar surface area (TPSA) is 46.5 Å². The Kier molecular flexibility index (Phi) is 2.96. The molecule has 1 fully saturated rings. The molecule has 0 aromatic rings. The van der Waals surface area contributed by atoms with Crippen LogP contribution in [0, 0.1) is 0 Å². The van der Waals surface area contributed by atoms with Crippen molar-refractivity contribution in [2.24, 2.45) is 0 Å². The molecule has 0 saturated heterocycles. The highest BCUT2D eigenvalue weighted by Crippen LogP contribution is 2.33. The molecule has 0 heterocycles. The van der Waals surface area contributed by atoms with Gasteiger partial charge in [0, 0.05) is 0 Å². The smallest absolute Gasteiger partial charge is 0.337 e. The minimum absolute atomic E-state index is 0.258. The summed E-state index contributed by atoms with van der Waals surface area (Å²) in [5.41, 5.74) is -0.0467. The molecule has 1 saturated carbocycles. The minimum atomic E-state index is -0.410. The third-order valence-electron chi connectivity index (χ3n) is 2.52. The zero-order valence-corrected chi connectivity index (χ0v) is 8.17. The van der Waals surface area contributed by atoms with E-state index in [-0.39, 0.29) is 11.2 Å². The molecule has 0 aromatic heterocycles. The van der Waals surface area contributed by atoms with E-state index < -0.39 is 5.97 Å². The second-order valence-electron chi connectivity index (χ2n) is 3.86. The van der Waals surface area contributed by atoms with E-state index in [1.165, 1.54) is 0 Å². The second kappa shape index (κ2) is 3.81. The molecule has 0 atom stereocenters. The maximum Gasteiger partial charge on any atom is 0.337 e. The van der Waals surface area contributed by atoms with E-state index in [4.69, 9.17) is 9.84 Å². The van der Waals surface area contributed by atoms with Crippen LogP contribution in [-0.2, 0) is 9.53 Å². The molecule has 1 rings (SSSR count). The van der Waals surface area contributed by atoms with Crippen molar-refractivity contribution < 1.29 is 14.6 Å². The third-order valence-corrected chi connectivity index (χ3v) is 2.52. The molecule has 0 spiro atoms. The normalized spacial score (nSPS) is 21.5. The first kappa shape index (κ1) is 10.1. The van der Waals surface area contributed by atoms with E-state index >= 15 is 0 Å². The van der Waals surface area contributed by atoms with E-state index in [9.17, 15) is 4.79 Å². The van der Waals surface area contributed by atoms with Crippen LogP contribution < -0.4 is 0 Å². The van der Waals surface area contributed by atoms with Gasteiger partial charge in [0.25, 0.3) is 0 Å². The molecular weight excluding hydrogens is 168 g/mol. The number of esters is 1. The van der Waals surface area contributed by atoms with Crippen LogP contribution in [0.5, 0.6) is 0 Å². The SMILES string of the molecule is CC(=CO)C(=O)OC1(C)CCCC1. The minimum Gasteiger partial charge on any atom is -0.515 e. The van der Waals surface area contributed by atoms with Gasteiger partial charge in [-0.05, 0) is 39.5 Å². The Morgan fingerprint density at radius 2 is 2.00 bits per heavy atom. The van der Waals surface area contributed by atoms with Gasteiger partial charge >= 0.3 is 5.97 Å². The average Bonchev–Trinajstić information content (AvgIpc) is 2.50. The zero-order chi connectivity index (χ0) is 9.90. The fourth-order valence-electron chi connectivity index (χ4n) is 1.58. The summed E-state index contributed by atoms with van der Waals surface area (Å²) < 4.78 is 5.28. The quantitative estimate of drug-likeness (QED) is 0.407. The first-order valence-electron chi connectivity index (χ1n) is 4.62. The first-order valence-corrected chi connectivity index (χ1v) is 4.62. The number of hydrogen-bond acceptors (Lipinski definition) is 3. The van der Waals surface area contributed by atoms with Crippen LogP contribution in [0.25, 0.3) is 0 Å². The van der Waals surface area contributed by atoms with Gasteiger partial charge in [-0.3, -0.25) is 0 Å². The van der Waals surface area contributed by atoms with Crippen molar-refractivity contribution >= 4 is 5.97 Å². The van der Waals surface area contributed by atoms with E-state index in [1.54, 1.807) is 6.92 Å². The van der Waals surface area contributed by atoms with Gasteiger partial charge in [0.1, 0.15) is 5.60 Å². The summed E-state index contributed by atoms with van der Waals surface area (Å²) in [4.78, 5) is 11.3. The predicted molar refractivity (Wildman–Crippen MR) is 49.4 cm³/mol. The van der Waals surface area contributed by atoms with E-state index in [2.05, 4.69) is 0 Å². The molecule has 1 aliphatic rings. The number of aliphatic hydroxyl groups excluding tert-OH is 1. The lowest BCUT2D eigenvalue weighted by Crippen LogP contribution is -2.28. The van der Waals surface area contributed by atoms with Crippen LogP contribution in [0.3, 0.4) is 0 Å². The number of ether oxygens (including phenoxy) is 1. The summed E-state index contributed by atoms with van der Waals surface area (Å²) in [7, 11) is 0. The van der Waals surface area contributed by atoms with Gasteiger partial charge in [0.15, 0.2) is 0 Å². The van der Waals surface area contributed by atoms with Crippen molar-refractivity contribution in [1.29, 1.82) is 0 Å². The molecule has 0 aromatic carbocycles. The predicted octanol–water partition coefficient (Wildman–Crippen LogP) is 2.32. The van der Waals surface area contributed by atoms with Crippen LogP contribution in [0.15, 0.2) is 11.8 Å². The maximum atomic E-state index is 11.3. The standard InChI is InChI=1S/C10H16O3/c1-8(7-11)9(12)13-10(2)5-3-4-6-10/h7,11H,3-6H2,1-2H3. The van der Waals surface area contributed by atoms with Gasteiger partial charge in [-0.1, -0.05) is 0 Å². The Morgan fingerprint density at radius 1 is 1.46 bits per heavy atom. The van der Waals surface area contributed by atoms with Crippen molar-refractivity contribution in [2.75, 3.05) is 0 Å². The summed E-state index contributed by atoms with van der Waals surface area (Å²) in [6.07, 6.45) is 4.88. The number of hydrogen-bond donors (Lipinski definition) is 1. The summed E-state index contributed by atoms with van der Waals surface area (Å²) >= 11 is 0. The Labute approximate surface area is 78.4 Å². The molecule has 74 valence electrons. The molecule has 3 nitrogen and oxygen atoms in total. The van der Waals surface area contributed by atoms with E-state index in [1.807, 2.05) is 6.92 Å². The van der Waals surface area contributed by atoms with Gasteiger partial charge in [-0.25, -0.2) is 4.79 Å². The van der Waals surface area contributed by atoms with Crippen LogP contribution in [0.1, 0.15) is 39.5 Å². The van der Waals surface area contributed by atoms with Crippen LogP contribution in [0.4, 0.5) is 0 Å². The highest BCUT2D eigenvalue weighted by Gasteiger charge is 2.32. The third kappa shape index (κ3) is 2.47. The van der Waals surface area contributed by atoms with Crippen molar-refractivity contribution in [3.63, 3.8) is 0 Å². The van der Waals surface area contributed by atoms with Gasteiger partial charge in [-0.15, -0.1) is 0 Å². The van der Waals surface area contributed by atoms with E-state index in [0.29, 0.717) is 0 Å². The van der Waals surface area contributed by atoms with Crippen molar-refractivity contribution in [2.45, 2.75) is 45.1 Å². The van der Waals surface area contributed by atoms with Gasteiger partial charge in [-0.2, -0.15) is 0 Å². The number of carbonyl (C=O) groups excluding carboxylic acids is 1. The Bertz CT molecular complexity index is 224. The molecular formula is C10H16O3. The monoisotopic (exact) mass is 184 g/mol. The van der Waals surface area contributed by atoms with Crippen molar-refractivity contribution in [1.82, 2.24) is 0 Å². The zero-order valence-electron chi connectivity index (χ0n) is 8.17. The lowest BCUT2D eigenvalue weighted by atomic mass is 10.1. The molecule has 13 heavy (non-hydrogen) atoms. The molecule has 3 heteroatoms. The summed E-state index contributed by atoms with van der Waals surface area (Å²) in [6, 6.07) is 0. The first-order chi connectivity index (χ1) is 6.07. The molecule has 0 amide bonds. The Balaban J connectivity index is 2.53. The largest absolute Gasteiger partial charge is 0.515 e. The average molecular weight is 184 g/mol. The molecule has 0 radical (unpaired) electrons. The number of rotatable bonds is 2. The molecule has 1 aliphatic carbocycles. The van der Waals surface area contributed by atoms with Crippen molar-refractivity contribution in [3.8, 4) is 0 Å². The van der Waals surface area contributed by atoms with Crippen LogP contribution >= 0.6 is 0 Å². The summed E-state index contributed by atoms with van der Waals surface area (Å²) in [6.45, 7) is 3.49. The second-order valence-corrected chi connectivity index (χ2v) is 3.86. The molecule has 0 unspecified atom stereocenters. The summed E-state index contributed by atoms with van der Waals surface area (Å²) in [5.74, 6) is -0.410. The highest BCUT2D eigenvalue weighted by atomic mass is 16.6. The van der Waals surface area contributed by atoms with Gasteiger partial charge < -0.3 is 9.84 Å². The lowest BCUT2D eigenvalue weighted by Gasteiger charge is -2.23. The molecule has 0 bridgehead atoms. The maximum absolute atomic E-state index is 11.3. The van der Waals surface area contributed by atoms with Crippen LogP contribution in [-0.4, -0.2) is 16.7 Å². The number of aliphatic hydroxyl groups is 1. The van der Waals surface area contributed by atoms with E-state index in [0.717, 1.165) is 31.9 Å². The van der Waals surface area contributed by atoms with Gasteiger partial charge in [0.2, 0.25) is 0 Å². The van der Waals surface area contributed by atoms with Crippen molar-refractivity contribution in [3.05, 3.63) is 11.8 Å². The summed E-state index contributed by atoms with van der Waals surface area (Å²) in [5, 5.41) is 8.60. The van der Waals surface area contributed by atoms with Gasteiger partial charge in [0.05, 0.1) is 11.8 Å². The fourth-order valence-corrected chi connectivity index (χ4v) is 1.58. The molecule has 1 N–H and O–H groups in total.